The van der Waals surface area contributed by atoms with E-state index in [1.165, 1.54) is 38.9 Å². The maximum atomic E-state index is 4.97. The SMILES string of the molecule is Cc1cccc(-c2cccc(-c3ccccc3-[n+]3cc(-c4ccccc4)ncc3-c3cccc(-c4cccc(C)c4)c3)c2)c1. The summed E-state index contributed by atoms with van der Waals surface area (Å²) >= 11 is 0. The van der Waals surface area contributed by atoms with Gasteiger partial charge in [0.15, 0.2) is 0 Å². The summed E-state index contributed by atoms with van der Waals surface area (Å²) in [5.41, 5.74) is 14.9. The van der Waals surface area contributed by atoms with Crippen molar-refractivity contribution in [2.24, 2.45) is 0 Å². The van der Waals surface area contributed by atoms with Crippen LogP contribution in [-0.4, -0.2) is 4.98 Å². The van der Waals surface area contributed by atoms with Gasteiger partial charge in [0.2, 0.25) is 17.6 Å². The van der Waals surface area contributed by atoms with Crippen LogP contribution in [0.25, 0.3) is 61.6 Å². The summed E-state index contributed by atoms with van der Waals surface area (Å²) in [6.45, 7) is 4.28. The molecule has 0 spiro atoms. The molecule has 0 saturated heterocycles. The third-order valence-corrected chi connectivity index (χ3v) is 8.10. The van der Waals surface area contributed by atoms with E-state index in [0.717, 1.165) is 33.8 Å². The topological polar surface area (TPSA) is 16.8 Å². The first-order valence-electron chi connectivity index (χ1n) is 15.0. The molecule has 0 radical (unpaired) electrons. The lowest BCUT2D eigenvalue weighted by Gasteiger charge is -2.12. The van der Waals surface area contributed by atoms with Gasteiger partial charge in [0.1, 0.15) is 11.9 Å². The molecule has 1 aromatic heterocycles. The normalized spacial score (nSPS) is 11.0. The quantitative estimate of drug-likeness (QED) is 0.183. The van der Waals surface area contributed by atoms with Crippen molar-refractivity contribution in [1.82, 2.24) is 4.98 Å². The Morgan fingerprint density at radius 2 is 0.932 bits per heavy atom. The molecule has 7 rings (SSSR count). The minimum absolute atomic E-state index is 0.924. The molecule has 2 nitrogen and oxygen atoms in total. The minimum Gasteiger partial charge on any atom is -0.243 e. The molecule has 1 heterocycles. The van der Waals surface area contributed by atoms with Crippen LogP contribution in [0, 0.1) is 13.8 Å². The predicted octanol–water partition coefficient (Wildman–Crippen LogP) is 10.3. The van der Waals surface area contributed by atoms with E-state index in [1.54, 1.807) is 0 Å². The Morgan fingerprint density at radius 3 is 1.59 bits per heavy atom. The van der Waals surface area contributed by atoms with Crippen molar-refractivity contribution in [2.45, 2.75) is 13.8 Å². The molecule has 6 aromatic carbocycles. The molecule has 0 bridgehead atoms. The van der Waals surface area contributed by atoms with Crippen LogP contribution in [0.4, 0.5) is 0 Å². The van der Waals surface area contributed by atoms with Gasteiger partial charge < -0.3 is 0 Å². The molecule has 0 aliphatic heterocycles. The number of aromatic nitrogens is 2. The van der Waals surface area contributed by atoms with Gasteiger partial charge >= 0.3 is 0 Å². The van der Waals surface area contributed by atoms with Gasteiger partial charge in [-0.15, -0.1) is 0 Å². The number of para-hydroxylation sites is 1. The summed E-state index contributed by atoms with van der Waals surface area (Å²) in [6, 6.07) is 54.0. The number of benzene rings is 6. The van der Waals surface area contributed by atoms with Gasteiger partial charge in [0, 0.05) is 17.2 Å². The third-order valence-electron chi connectivity index (χ3n) is 8.10. The average Bonchev–Trinajstić information content (AvgIpc) is 3.08. The molecule has 44 heavy (non-hydrogen) atoms. The third kappa shape index (κ3) is 5.58. The molecule has 0 saturated carbocycles. The summed E-state index contributed by atoms with van der Waals surface area (Å²) in [6.07, 6.45) is 4.19. The highest BCUT2D eigenvalue weighted by Gasteiger charge is 2.23. The van der Waals surface area contributed by atoms with Crippen LogP contribution < -0.4 is 4.57 Å². The van der Waals surface area contributed by atoms with E-state index < -0.39 is 0 Å². The molecule has 0 N–H and O–H groups in total. The van der Waals surface area contributed by atoms with Crippen molar-refractivity contribution in [3.8, 4) is 61.6 Å². The highest BCUT2D eigenvalue weighted by Crippen LogP contribution is 2.32. The van der Waals surface area contributed by atoms with Gasteiger partial charge in [-0.25, -0.2) is 4.98 Å². The second-order valence-corrected chi connectivity index (χ2v) is 11.3. The number of nitrogens with zero attached hydrogens (tertiary/aromatic N) is 2. The lowest BCUT2D eigenvalue weighted by Crippen LogP contribution is -2.34. The molecule has 0 aliphatic carbocycles. The van der Waals surface area contributed by atoms with Crippen molar-refractivity contribution in [3.05, 3.63) is 175 Å². The van der Waals surface area contributed by atoms with Gasteiger partial charge in [0.25, 0.3) is 0 Å². The van der Waals surface area contributed by atoms with Crippen molar-refractivity contribution in [1.29, 1.82) is 0 Å². The number of aryl methyl sites for hydroxylation is 2. The summed E-state index contributed by atoms with van der Waals surface area (Å²) in [5.74, 6) is 0. The van der Waals surface area contributed by atoms with E-state index in [2.05, 4.69) is 170 Å². The highest BCUT2D eigenvalue weighted by atomic mass is 15.0. The van der Waals surface area contributed by atoms with E-state index in [-0.39, 0.29) is 0 Å². The fourth-order valence-corrected chi connectivity index (χ4v) is 5.89. The van der Waals surface area contributed by atoms with Crippen LogP contribution >= 0.6 is 0 Å². The molecular formula is C42H33N2+. The second kappa shape index (κ2) is 11.9. The lowest BCUT2D eigenvalue weighted by atomic mass is 9.96. The summed E-state index contributed by atoms with van der Waals surface area (Å²) in [7, 11) is 0. The van der Waals surface area contributed by atoms with Crippen molar-refractivity contribution in [3.63, 3.8) is 0 Å². The molecule has 7 aromatic rings. The van der Waals surface area contributed by atoms with Gasteiger partial charge in [0.05, 0.1) is 5.56 Å². The Hall–Kier alpha value is -5.60. The Balaban J connectivity index is 1.41. The molecule has 0 fully saturated rings. The van der Waals surface area contributed by atoms with Crippen molar-refractivity contribution < 1.29 is 4.57 Å². The van der Waals surface area contributed by atoms with Gasteiger partial charge in [-0.2, -0.15) is 4.57 Å². The first-order chi connectivity index (χ1) is 21.6. The molecule has 0 unspecified atom stereocenters. The molecule has 0 aliphatic rings. The van der Waals surface area contributed by atoms with Crippen LogP contribution in [-0.2, 0) is 0 Å². The molecule has 210 valence electrons. The maximum Gasteiger partial charge on any atom is 0.236 e. The van der Waals surface area contributed by atoms with E-state index in [9.17, 15) is 0 Å². The Labute approximate surface area is 259 Å². The highest BCUT2D eigenvalue weighted by molar-refractivity contribution is 5.77. The fraction of sp³-hybridized carbons (Fsp3) is 0.0476. The summed E-state index contributed by atoms with van der Waals surface area (Å²) in [5, 5.41) is 0. The van der Waals surface area contributed by atoms with Crippen molar-refractivity contribution >= 4 is 0 Å². The molecular weight excluding hydrogens is 532 g/mol. The Kier molecular flexibility index (Phi) is 7.40. The average molecular weight is 566 g/mol. The van der Waals surface area contributed by atoms with Crippen LogP contribution in [0.1, 0.15) is 11.1 Å². The van der Waals surface area contributed by atoms with E-state index in [4.69, 9.17) is 4.98 Å². The second-order valence-electron chi connectivity index (χ2n) is 11.3. The van der Waals surface area contributed by atoms with Gasteiger partial charge in [-0.05, 0) is 65.9 Å². The summed E-state index contributed by atoms with van der Waals surface area (Å²) in [4.78, 5) is 4.97. The standard InChI is InChI=1S/C42H33N2/c1-30-12-8-16-33(24-30)35-18-10-20-37(26-35)39-22-6-7-23-41(39)44-29-40(32-14-4-3-5-15-32)43-28-42(44)38-21-11-19-36(27-38)34-17-9-13-31(2)25-34/h3-29H,1-2H3/q+1. The number of rotatable bonds is 6. The largest absolute Gasteiger partial charge is 0.243 e. The summed E-state index contributed by atoms with van der Waals surface area (Å²) < 4.78 is 2.30. The molecule has 2 heteroatoms. The van der Waals surface area contributed by atoms with Crippen LogP contribution in [0.15, 0.2) is 164 Å². The Bertz CT molecular complexity index is 2090. The fourth-order valence-electron chi connectivity index (χ4n) is 5.89. The van der Waals surface area contributed by atoms with Gasteiger partial charge in [-0.1, -0.05) is 132 Å². The smallest absolute Gasteiger partial charge is 0.236 e. The Morgan fingerprint density at radius 1 is 0.432 bits per heavy atom. The zero-order chi connectivity index (χ0) is 29.9. The van der Waals surface area contributed by atoms with Crippen molar-refractivity contribution in [2.75, 3.05) is 0 Å². The molecule has 0 amide bonds. The predicted molar refractivity (Wildman–Crippen MR) is 182 cm³/mol. The van der Waals surface area contributed by atoms with Crippen LogP contribution in [0.3, 0.4) is 0 Å². The first kappa shape index (κ1) is 27.2. The molecule has 0 atom stereocenters. The van der Waals surface area contributed by atoms with Crippen LogP contribution in [0.5, 0.6) is 0 Å². The first-order valence-corrected chi connectivity index (χ1v) is 15.0. The lowest BCUT2D eigenvalue weighted by molar-refractivity contribution is -0.583. The minimum atomic E-state index is 0.924. The maximum absolute atomic E-state index is 4.97. The van der Waals surface area contributed by atoms with E-state index in [1.807, 2.05) is 12.3 Å². The van der Waals surface area contributed by atoms with Crippen LogP contribution in [0.2, 0.25) is 0 Å². The van der Waals surface area contributed by atoms with E-state index >= 15 is 0 Å². The zero-order valence-corrected chi connectivity index (χ0v) is 25.0. The zero-order valence-electron chi connectivity index (χ0n) is 25.0. The van der Waals surface area contributed by atoms with Gasteiger partial charge in [-0.3, -0.25) is 0 Å². The van der Waals surface area contributed by atoms with E-state index in [0.29, 0.717) is 0 Å². The monoisotopic (exact) mass is 565 g/mol. The number of hydrogen-bond acceptors (Lipinski definition) is 1. The number of hydrogen-bond donors (Lipinski definition) is 0.